The Labute approximate surface area is 84.4 Å². The van der Waals surface area contributed by atoms with Crippen LogP contribution < -0.4 is 0 Å². The molecule has 0 amide bonds. The van der Waals surface area contributed by atoms with E-state index in [-0.39, 0.29) is 5.41 Å². The van der Waals surface area contributed by atoms with E-state index in [4.69, 9.17) is 4.42 Å². The molecule has 68 valence electrons. The van der Waals surface area contributed by atoms with E-state index in [1.807, 2.05) is 6.92 Å². The zero-order valence-corrected chi connectivity index (χ0v) is 9.59. The predicted molar refractivity (Wildman–Crippen MR) is 56.6 cm³/mol. The molecule has 1 rings (SSSR count). The van der Waals surface area contributed by atoms with Crippen LogP contribution in [-0.4, -0.2) is 0 Å². The lowest BCUT2D eigenvalue weighted by atomic mass is 9.87. The summed E-state index contributed by atoms with van der Waals surface area (Å²) in [5, 5.41) is 0.612. The Morgan fingerprint density at radius 1 is 1.17 bits per heavy atom. The van der Waals surface area contributed by atoms with E-state index in [9.17, 15) is 0 Å². The number of thiol groups is 2. The van der Waals surface area contributed by atoms with Crippen LogP contribution in [0.25, 0.3) is 0 Å². The fourth-order valence-corrected chi connectivity index (χ4v) is 2.19. The van der Waals surface area contributed by atoms with E-state index < -0.39 is 0 Å². The Balaban J connectivity index is 3.32. The van der Waals surface area contributed by atoms with Crippen molar-refractivity contribution >= 4 is 25.3 Å². The van der Waals surface area contributed by atoms with E-state index in [2.05, 4.69) is 46.0 Å². The van der Waals surface area contributed by atoms with Crippen LogP contribution in [0.2, 0.25) is 0 Å². The standard InChI is InChI=1S/C9H14OS2/c1-5-6(9(2,3)4)7(11)8(12)10-5/h11-12H,1-4H3. The van der Waals surface area contributed by atoms with E-state index in [0.717, 1.165) is 16.2 Å². The summed E-state index contributed by atoms with van der Waals surface area (Å²) in [6, 6.07) is 0. The van der Waals surface area contributed by atoms with Gasteiger partial charge in [0.05, 0.1) is 4.90 Å². The summed E-state index contributed by atoms with van der Waals surface area (Å²) in [7, 11) is 0. The molecule has 12 heavy (non-hydrogen) atoms. The average molecular weight is 202 g/mol. The molecule has 0 saturated carbocycles. The maximum Gasteiger partial charge on any atom is 0.171 e. The minimum atomic E-state index is 0.0750. The minimum Gasteiger partial charge on any atom is -0.454 e. The fraction of sp³-hybridized carbons (Fsp3) is 0.556. The van der Waals surface area contributed by atoms with Gasteiger partial charge in [-0.3, -0.25) is 0 Å². The highest BCUT2D eigenvalue weighted by Crippen LogP contribution is 2.36. The molecule has 0 aliphatic rings. The summed E-state index contributed by atoms with van der Waals surface area (Å²) in [5.41, 5.74) is 1.22. The topological polar surface area (TPSA) is 13.1 Å². The summed E-state index contributed by atoms with van der Waals surface area (Å²) < 4.78 is 5.36. The van der Waals surface area contributed by atoms with Crippen molar-refractivity contribution in [3.05, 3.63) is 11.3 Å². The lowest BCUT2D eigenvalue weighted by Crippen LogP contribution is -2.12. The second-order valence-corrected chi connectivity index (χ2v) is 4.79. The Kier molecular flexibility index (Phi) is 2.55. The van der Waals surface area contributed by atoms with Gasteiger partial charge in [0.2, 0.25) is 0 Å². The van der Waals surface area contributed by atoms with E-state index in [1.54, 1.807) is 0 Å². The third kappa shape index (κ3) is 1.67. The van der Waals surface area contributed by atoms with Crippen LogP contribution >= 0.6 is 25.3 Å². The summed E-state index contributed by atoms with van der Waals surface area (Å²) >= 11 is 8.53. The number of rotatable bonds is 0. The molecule has 1 nitrogen and oxygen atoms in total. The highest BCUT2D eigenvalue weighted by Gasteiger charge is 2.24. The fourth-order valence-electron chi connectivity index (χ4n) is 1.40. The van der Waals surface area contributed by atoms with Gasteiger partial charge in [0.15, 0.2) is 5.09 Å². The molecule has 0 aliphatic heterocycles. The summed E-state index contributed by atoms with van der Waals surface area (Å²) in [6.07, 6.45) is 0. The minimum absolute atomic E-state index is 0.0750. The summed E-state index contributed by atoms with van der Waals surface area (Å²) in [6.45, 7) is 8.35. The highest BCUT2D eigenvalue weighted by molar-refractivity contribution is 7.83. The van der Waals surface area contributed by atoms with Crippen molar-refractivity contribution in [2.75, 3.05) is 0 Å². The lowest BCUT2D eigenvalue weighted by molar-refractivity contribution is 0.435. The third-order valence-electron chi connectivity index (χ3n) is 1.79. The molecule has 0 unspecified atom stereocenters. The van der Waals surface area contributed by atoms with Gasteiger partial charge in [-0.25, -0.2) is 0 Å². The van der Waals surface area contributed by atoms with Gasteiger partial charge in [-0.15, -0.1) is 25.3 Å². The number of aryl methyl sites for hydroxylation is 1. The van der Waals surface area contributed by atoms with Crippen molar-refractivity contribution in [3.8, 4) is 0 Å². The molecule has 3 heteroatoms. The first-order chi connectivity index (χ1) is 5.34. The van der Waals surface area contributed by atoms with Crippen molar-refractivity contribution in [2.24, 2.45) is 0 Å². The molecule has 0 saturated heterocycles. The van der Waals surface area contributed by atoms with Gasteiger partial charge in [-0.2, -0.15) is 0 Å². The van der Waals surface area contributed by atoms with Crippen molar-refractivity contribution in [2.45, 2.75) is 43.1 Å². The molecule has 1 aromatic rings. The lowest BCUT2D eigenvalue weighted by Gasteiger charge is -2.18. The van der Waals surface area contributed by atoms with Gasteiger partial charge in [0.25, 0.3) is 0 Å². The normalized spacial score (nSPS) is 12.2. The largest absolute Gasteiger partial charge is 0.454 e. The van der Waals surface area contributed by atoms with E-state index >= 15 is 0 Å². The predicted octanol–water partition coefficient (Wildman–Crippen LogP) is 3.46. The van der Waals surface area contributed by atoms with Crippen LogP contribution in [-0.2, 0) is 5.41 Å². The van der Waals surface area contributed by atoms with E-state index in [1.165, 1.54) is 0 Å². The smallest absolute Gasteiger partial charge is 0.171 e. The van der Waals surface area contributed by atoms with Gasteiger partial charge in [-0.05, 0) is 12.3 Å². The van der Waals surface area contributed by atoms with Crippen LogP contribution in [0, 0.1) is 6.92 Å². The molecule has 0 fully saturated rings. The molecule has 0 aromatic carbocycles. The first-order valence-electron chi connectivity index (χ1n) is 3.86. The Morgan fingerprint density at radius 2 is 1.67 bits per heavy atom. The molecule has 0 aliphatic carbocycles. The maximum absolute atomic E-state index is 5.36. The van der Waals surface area contributed by atoms with Crippen molar-refractivity contribution in [1.82, 2.24) is 0 Å². The molecule has 1 aromatic heterocycles. The molecule has 0 radical (unpaired) electrons. The van der Waals surface area contributed by atoms with Crippen LogP contribution in [0.3, 0.4) is 0 Å². The number of hydrogen-bond acceptors (Lipinski definition) is 3. The maximum atomic E-state index is 5.36. The summed E-state index contributed by atoms with van der Waals surface area (Å²) in [4.78, 5) is 0.864. The monoisotopic (exact) mass is 202 g/mol. The molecule has 0 atom stereocenters. The van der Waals surface area contributed by atoms with Crippen molar-refractivity contribution < 1.29 is 4.42 Å². The van der Waals surface area contributed by atoms with Gasteiger partial charge in [0.1, 0.15) is 5.76 Å². The first-order valence-corrected chi connectivity index (χ1v) is 4.75. The van der Waals surface area contributed by atoms with Gasteiger partial charge in [-0.1, -0.05) is 20.8 Å². The Morgan fingerprint density at radius 3 is 1.83 bits per heavy atom. The third-order valence-corrected chi connectivity index (χ3v) is 2.71. The molecule has 1 heterocycles. The molecular weight excluding hydrogens is 188 g/mol. The van der Waals surface area contributed by atoms with Crippen LogP contribution in [0.1, 0.15) is 32.1 Å². The van der Waals surface area contributed by atoms with Crippen molar-refractivity contribution in [1.29, 1.82) is 0 Å². The number of furan rings is 1. The zero-order valence-electron chi connectivity index (χ0n) is 7.80. The van der Waals surface area contributed by atoms with Crippen LogP contribution in [0.5, 0.6) is 0 Å². The van der Waals surface area contributed by atoms with Gasteiger partial charge >= 0.3 is 0 Å². The Hall–Kier alpha value is -0.0200. The van der Waals surface area contributed by atoms with Crippen LogP contribution in [0.4, 0.5) is 0 Å². The Bertz CT molecular complexity index is 294. The van der Waals surface area contributed by atoms with Gasteiger partial charge in [0, 0.05) is 5.56 Å². The molecule has 0 N–H and O–H groups in total. The zero-order chi connectivity index (χ0) is 9.52. The van der Waals surface area contributed by atoms with E-state index in [0.29, 0.717) is 5.09 Å². The number of hydrogen-bond donors (Lipinski definition) is 2. The molecular formula is C9H14OS2. The highest BCUT2D eigenvalue weighted by atomic mass is 32.1. The molecule has 0 bridgehead atoms. The second-order valence-electron chi connectivity index (χ2n) is 3.94. The van der Waals surface area contributed by atoms with Gasteiger partial charge < -0.3 is 4.42 Å². The second kappa shape index (κ2) is 3.04. The average Bonchev–Trinajstić information content (AvgIpc) is 2.05. The van der Waals surface area contributed by atoms with Crippen LogP contribution in [0.15, 0.2) is 14.4 Å². The summed E-state index contributed by atoms with van der Waals surface area (Å²) in [5.74, 6) is 0.914. The van der Waals surface area contributed by atoms with Crippen molar-refractivity contribution in [3.63, 3.8) is 0 Å². The first kappa shape index (κ1) is 10.1. The SMILES string of the molecule is Cc1oc(S)c(S)c1C(C)(C)C. The quantitative estimate of drug-likeness (QED) is 0.614. The molecule has 0 spiro atoms.